The Hall–Kier alpha value is -1.51. The lowest BCUT2D eigenvalue weighted by atomic mass is 10.3. The number of unbranched alkanes of at least 4 members (excludes halogenated alkanes) is 1. The number of hydrogen-bond donors (Lipinski definition) is 1. The third kappa shape index (κ3) is 2.47. The highest BCUT2D eigenvalue weighted by atomic mass is 16.4. The third-order valence-corrected chi connectivity index (χ3v) is 1.86. The van der Waals surface area contributed by atoms with E-state index >= 15 is 0 Å². The molecule has 1 heterocycles. The van der Waals surface area contributed by atoms with Crippen LogP contribution in [0.25, 0.3) is 0 Å². The summed E-state index contributed by atoms with van der Waals surface area (Å²) in [6.07, 6.45) is 5.46. The van der Waals surface area contributed by atoms with Gasteiger partial charge in [0.15, 0.2) is 0 Å². The minimum Gasteiger partial charge on any atom is -0.477 e. The molecule has 0 aliphatic rings. The van der Waals surface area contributed by atoms with Gasteiger partial charge in [0.2, 0.25) is 0 Å². The summed E-state index contributed by atoms with van der Waals surface area (Å²) in [6, 6.07) is 3.35. The van der Waals surface area contributed by atoms with Crippen molar-refractivity contribution in [1.82, 2.24) is 4.57 Å². The smallest absolute Gasteiger partial charge is 0.352 e. The lowest BCUT2D eigenvalue weighted by molar-refractivity contribution is 0.0685. The molecule has 3 heteroatoms. The van der Waals surface area contributed by atoms with Gasteiger partial charge in [0, 0.05) is 12.7 Å². The summed E-state index contributed by atoms with van der Waals surface area (Å²) in [5, 5.41) is 8.77. The summed E-state index contributed by atoms with van der Waals surface area (Å²) in [7, 11) is 0. The Bertz CT molecular complexity index is 302. The maximum absolute atomic E-state index is 10.7. The first-order chi connectivity index (χ1) is 6.25. The standard InChI is InChI=1S/C10H13NO2/c1-2-3-4-7-11-8-5-6-9(11)10(12)13/h2,5-6,8H,1,3-4,7H2,(H,12,13). The number of carboxylic acid groups (broad SMARTS) is 1. The van der Waals surface area contributed by atoms with Crippen LogP contribution in [-0.2, 0) is 6.54 Å². The van der Waals surface area contributed by atoms with E-state index in [2.05, 4.69) is 6.58 Å². The van der Waals surface area contributed by atoms with E-state index in [1.165, 1.54) is 0 Å². The van der Waals surface area contributed by atoms with Crippen LogP contribution in [0.4, 0.5) is 0 Å². The van der Waals surface area contributed by atoms with E-state index in [0.29, 0.717) is 5.69 Å². The minimum absolute atomic E-state index is 0.351. The predicted molar refractivity (Wildman–Crippen MR) is 50.8 cm³/mol. The first-order valence-corrected chi connectivity index (χ1v) is 4.25. The number of rotatable bonds is 5. The molecule has 0 aliphatic heterocycles. The summed E-state index contributed by atoms with van der Waals surface area (Å²) in [6.45, 7) is 4.35. The molecule has 1 aromatic rings. The van der Waals surface area contributed by atoms with E-state index in [9.17, 15) is 4.79 Å². The van der Waals surface area contributed by atoms with Crippen molar-refractivity contribution in [3.8, 4) is 0 Å². The van der Waals surface area contributed by atoms with Gasteiger partial charge in [-0.2, -0.15) is 0 Å². The molecule has 1 aromatic heterocycles. The Labute approximate surface area is 77.3 Å². The van der Waals surface area contributed by atoms with Gasteiger partial charge in [-0.15, -0.1) is 6.58 Å². The number of hydrogen-bond acceptors (Lipinski definition) is 1. The molecule has 1 rings (SSSR count). The second kappa shape index (κ2) is 4.50. The number of carbonyl (C=O) groups is 1. The van der Waals surface area contributed by atoms with E-state index in [-0.39, 0.29) is 0 Å². The van der Waals surface area contributed by atoms with Crippen molar-refractivity contribution < 1.29 is 9.90 Å². The molecule has 1 N–H and O–H groups in total. The van der Waals surface area contributed by atoms with Gasteiger partial charge in [-0.05, 0) is 25.0 Å². The molecular weight excluding hydrogens is 166 g/mol. The van der Waals surface area contributed by atoms with Gasteiger partial charge < -0.3 is 9.67 Å². The molecule has 70 valence electrons. The highest BCUT2D eigenvalue weighted by Gasteiger charge is 2.06. The zero-order valence-electron chi connectivity index (χ0n) is 7.44. The van der Waals surface area contributed by atoms with Crippen LogP contribution < -0.4 is 0 Å². The highest BCUT2D eigenvalue weighted by molar-refractivity contribution is 5.85. The molecule has 0 saturated carbocycles. The van der Waals surface area contributed by atoms with Crippen molar-refractivity contribution in [2.75, 3.05) is 0 Å². The zero-order valence-corrected chi connectivity index (χ0v) is 7.44. The molecule has 0 bridgehead atoms. The van der Waals surface area contributed by atoms with E-state index in [1.807, 2.05) is 6.08 Å². The molecule has 0 unspecified atom stereocenters. The van der Waals surface area contributed by atoms with Crippen molar-refractivity contribution >= 4 is 5.97 Å². The predicted octanol–water partition coefficient (Wildman–Crippen LogP) is 2.15. The van der Waals surface area contributed by atoms with Crippen LogP contribution in [0.15, 0.2) is 31.0 Å². The van der Waals surface area contributed by atoms with Gasteiger partial charge in [0.05, 0.1) is 0 Å². The first-order valence-electron chi connectivity index (χ1n) is 4.25. The molecule has 0 atom stereocenters. The topological polar surface area (TPSA) is 42.2 Å². The number of nitrogens with zero attached hydrogens (tertiary/aromatic N) is 1. The van der Waals surface area contributed by atoms with Crippen LogP contribution in [0.2, 0.25) is 0 Å². The van der Waals surface area contributed by atoms with Crippen molar-refractivity contribution in [2.45, 2.75) is 19.4 Å². The van der Waals surface area contributed by atoms with Gasteiger partial charge >= 0.3 is 5.97 Å². The Balaban J connectivity index is 2.60. The largest absolute Gasteiger partial charge is 0.477 e. The molecule has 0 aliphatic carbocycles. The number of aromatic carboxylic acids is 1. The van der Waals surface area contributed by atoms with E-state index in [4.69, 9.17) is 5.11 Å². The maximum atomic E-state index is 10.7. The van der Waals surface area contributed by atoms with Gasteiger partial charge in [-0.3, -0.25) is 0 Å². The second-order valence-corrected chi connectivity index (χ2v) is 2.82. The summed E-state index contributed by atoms with van der Waals surface area (Å²) < 4.78 is 1.74. The van der Waals surface area contributed by atoms with Crippen LogP contribution in [-0.4, -0.2) is 15.6 Å². The van der Waals surface area contributed by atoms with Crippen LogP contribution >= 0.6 is 0 Å². The average molecular weight is 179 g/mol. The molecule has 13 heavy (non-hydrogen) atoms. The Morgan fingerprint density at radius 2 is 2.46 bits per heavy atom. The van der Waals surface area contributed by atoms with Gasteiger partial charge in [-0.25, -0.2) is 4.79 Å². The third-order valence-electron chi connectivity index (χ3n) is 1.86. The van der Waals surface area contributed by atoms with E-state index in [1.54, 1.807) is 22.9 Å². The number of carboxylic acids is 1. The number of aryl methyl sites for hydroxylation is 1. The maximum Gasteiger partial charge on any atom is 0.352 e. The lowest BCUT2D eigenvalue weighted by Gasteiger charge is -2.03. The molecule has 0 aromatic carbocycles. The quantitative estimate of drug-likeness (QED) is 0.556. The Morgan fingerprint density at radius 1 is 1.69 bits per heavy atom. The Morgan fingerprint density at radius 3 is 3.08 bits per heavy atom. The van der Waals surface area contributed by atoms with Crippen molar-refractivity contribution in [3.63, 3.8) is 0 Å². The van der Waals surface area contributed by atoms with Gasteiger partial charge in [0.25, 0.3) is 0 Å². The van der Waals surface area contributed by atoms with Crippen LogP contribution in [0.3, 0.4) is 0 Å². The van der Waals surface area contributed by atoms with Crippen LogP contribution in [0.5, 0.6) is 0 Å². The number of allylic oxidation sites excluding steroid dienone is 1. The molecular formula is C10H13NO2. The fourth-order valence-corrected chi connectivity index (χ4v) is 1.21. The average Bonchev–Trinajstić information content (AvgIpc) is 2.53. The molecule has 0 fully saturated rings. The fraction of sp³-hybridized carbons (Fsp3) is 0.300. The Kier molecular flexibility index (Phi) is 3.31. The molecule has 0 amide bonds. The van der Waals surface area contributed by atoms with Crippen LogP contribution in [0.1, 0.15) is 23.3 Å². The monoisotopic (exact) mass is 179 g/mol. The summed E-state index contributed by atoms with van der Waals surface area (Å²) >= 11 is 0. The highest BCUT2D eigenvalue weighted by Crippen LogP contribution is 2.04. The van der Waals surface area contributed by atoms with E-state index < -0.39 is 5.97 Å². The van der Waals surface area contributed by atoms with Gasteiger partial charge in [0.1, 0.15) is 5.69 Å². The molecule has 0 saturated heterocycles. The van der Waals surface area contributed by atoms with Crippen molar-refractivity contribution in [2.24, 2.45) is 0 Å². The van der Waals surface area contributed by atoms with Crippen molar-refractivity contribution in [3.05, 3.63) is 36.7 Å². The molecule has 0 spiro atoms. The second-order valence-electron chi connectivity index (χ2n) is 2.82. The normalized spacial score (nSPS) is 9.85. The van der Waals surface area contributed by atoms with Gasteiger partial charge in [-0.1, -0.05) is 6.08 Å². The molecule has 3 nitrogen and oxygen atoms in total. The zero-order chi connectivity index (χ0) is 9.68. The minimum atomic E-state index is -0.872. The lowest BCUT2D eigenvalue weighted by Crippen LogP contribution is -2.07. The van der Waals surface area contributed by atoms with Crippen molar-refractivity contribution in [1.29, 1.82) is 0 Å². The SMILES string of the molecule is C=CCCCn1cccc1C(=O)O. The van der Waals surface area contributed by atoms with Crippen LogP contribution in [0, 0.1) is 0 Å². The first kappa shape index (κ1) is 9.58. The van der Waals surface area contributed by atoms with E-state index in [0.717, 1.165) is 19.4 Å². The number of aromatic nitrogens is 1. The summed E-state index contributed by atoms with van der Waals surface area (Å²) in [5.41, 5.74) is 0.351. The summed E-state index contributed by atoms with van der Waals surface area (Å²) in [4.78, 5) is 10.7. The summed E-state index contributed by atoms with van der Waals surface area (Å²) in [5.74, 6) is -0.872. The molecule has 0 radical (unpaired) electrons. The fourth-order valence-electron chi connectivity index (χ4n) is 1.21.